The Bertz CT molecular complexity index is 710. The number of rotatable bonds is 7. The molecule has 0 spiro atoms. The summed E-state index contributed by atoms with van der Waals surface area (Å²) in [6.07, 6.45) is 0. The molecule has 0 saturated heterocycles. The van der Waals surface area contributed by atoms with E-state index in [-0.39, 0.29) is 17.1 Å². The molecule has 2 rings (SSSR count). The number of hydrogen-bond acceptors (Lipinski definition) is 5. The van der Waals surface area contributed by atoms with E-state index in [4.69, 9.17) is 4.74 Å². The zero-order valence-corrected chi connectivity index (χ0v) is 16.5. The Balaban J connectivity index is 2.33. The summed E-state index contributed by atoms with van der Waals surface area (Å²) < 4.78 is 7.25. The fourth-order valence-electron chi connectivity index (χ4n) is 2.45. The lowest BCUT2D eigenvalue weighted by atomic mass is 10.1. The van der Waals surface area contributed by atoms with Crippen LogP contribution in [0.5, 0.6) is 5.75 Å². The van der Waals surface area contributed by atoms with Crippen LogP contribution in [0.4, 0.5) is 0 Å². The van der Waals surface area contributed by atoms with E-state index < -0.39 is 0 Å². The summed E-state index contributed by atoms with van der Waals surface area (Å²) in [5.41, 5.74) is 0.974. The van der Waals surface area contributed by atoms with E-state index in [1.165, 1.54) is 11.8 Å². The van der Waals surface area contributed by atoms with Crippen molar-refractivity contribution in [2.24, 2.45) is 5.92 Å². The number of hydrogen-bond donors (Lipinski definition) is 0. The van der Waals surface area contributed by atoms with Gasteiger partial charge in [-0.3, -0.25) is 4.79 Å². The van der Waals surface area contributed by atoms with Gasteiger partial charge in [-0.2, -0.15) is 0 Å². The molecule has 0 aliphatic carbocycles. The van der Waals surface area contributed by atoms with Crippen LogP contribution >= 0.6 is 11.8 Å². The first-order valence-electron chi connectivity index (χ1n) is 8.34. The van der Waals surface area contributed by atoms with E-state index in [9.17, 15) is 4.79 Å². The summed E-state index contributed by atoms with van der Waals surface area (Å²) in [5, 5.41) is 9.28. The second-order valence-corrected chi connectivity index (χ2v) is 7.40. The predicted molar refractivity (Wildman–Crippen MR) is 101 cm³/mol. The average molecular weight is 362 g/mol. The number of carbonyl (C=O) groups excluding carboxylic acids is 1. The van der Waals surface area contributed by atoms with Gasteiger partial charge in [0.2, 0.25) is 5.91 Å². The molecular formula is C18H26N4O2S. The molecule has 136 valence electrons. The van der Waals surface area contributed by atoms with Gasteiger partial charge in [-0.05, 0) is 37.1 Å². The lowest BCUT2D eigenvalue weighted by Gasteiger charge is -2.22. The van der Waals surface area contributed by atoms with Gasteiger partial charge in [-0.25, -0.2) is 0 Å². The quantitative estimate of drug-likeness (QED) is 0.708. The van der Waals surface area contributed by atoms with Gasteiger partial charge in [0.15, 0.2) is 11.0 Å². The molecule has 0 N–H and O–H groups in total. The largest absolute Gasteiger partial charge is 0.497 e. The molecule has 1 heterocycles. The lowest BCUT2D eigenvalue weighted by molar-refractivity contribution is -0.128. The predicted octanol–water partition coefficient (Wildman–Crippen LogP) is 3.18. The molecule has 1 aromatic heterocycles. The molecule has 0 aliphatic rings. The summed E-state index contributed by atoms with van der Waals surface area (Å²) >= 11 is 1.48. The zero-order chi connectivity index (χ0) is 18.6. The van der Waals surface area contributed by atoms with Crippen molar-refractivity contribution in [3.05, 3.63) is 24.3 Å². The van der Waals surface area contributed by atoms with E-state index in [0.29, 0.717) is 0 Å². The van der Waals surface area contributed by atoms with Gasteiger partial charge in [0.1, 0.15) is 5.75 Å². The van der Waals surface area contributed by atoms with Crippen LogP contribution in [0, 0.1) is 5.92 Å². The Hall–Kier alpha value is -2.02. The van der Waals surface area contributed by atoms with Crippen molar-refractivity contribution in [2.45, 2.75) is 37.7 Å². The molecule has 1 atom stereocenters. The summed E-state index contributed by atoms with van der Waals surface area (Å²) in [6, 6.07) is 7.75. The highest BCUT2D eigenvalue weighted by atomic mass is 32.2. The molecule has 25 heavy (non-hydrogen) atoms. The Morgan fingerprint density at radius 3 is 2.36 bits per heavy atom. The maximum Gasteiger partial charge on any atom is 0.235 e. The summed E-state index contributed by atoms with van der Waals surface area (Å²) in [4.78, 5) is 14.1. The minimum atomic E-state index is -0.187. The molecule has 1 aromatic carbocycles. The molecule has 0 saturated carbocycles. The molecule has 0 unspecified atom stereocenters. The van der Waals surface area contributed by atoms with Crippen LogP contribution in [0.2, 0.25) is 0 Å². The Labute approximate surface area is 153 Å². The van der Waals surface area contributed by atoms with Crippen molar-refractivity contribution >= 4 is 17.7 Å². The van der Waals surface area contributed by atoms with Crippen LogP contribution in [0.3, 0.4) is 0 Å². The maximum atomic E-state index is 12.5. The monoisotopic (exact) mass is 362 g/mol. The van der Waals surface area contributed by atoms with Crippen LogP contribution in [-0.2, 0) is 11.3 Å². The van der Waals surface area contributed by atoms with Crippen LogP contribution in [0.15, 0.2) is 29.4 Å². The van der Waals surface area contributed by atoms with E-state index >= 15 is 0 Å². The lowest BCUT2D eigenvalue weighted by Crippen LogP contribution is -2.35. The molecule has 0 fully saturated rings. The van der Waals surface area contributed by atoms with E-state index in [2.05, 4.69) is 31.0 Å². The van der Waals surface area contributed by atoms with E-state index in [1.54, 1.807) is 26.1 Å². The van der Waals surface area contributed by atoms with Crippen molar-refractivity contribution < 1.29 is 9.53 Å². The first kappa shape index (κ1) is 19.3. The molecule has 0 bridgehead atoms. The van der Waals surface area contributed by atoms with Crippen LogP contribution < -0.4 is 4.74 Å². The third-order valence-electron chi connectivity index (χ3n) is 3.90. The molecule has 1 amide bonds. The number of methoxy groups -OCH3 is 1. The standard InChI is InChI=1S/C18H26N4O2S/c1-7-22-16(13-8-10-14(24-6)11-9-13)19-20-18(22)25-15(12(2)3)17(23)21(4)5/h8-12,15H,7H2,1-6H3/t15-/m0/s1. The van der Waals surface area contributed by atoms with Crippen LogP contribution in [-0.4, -0.2) is 52.0 Å². The number of carbonyl (C=O) groups is 1. The molecule has 2 aromatic rings. The second-order valence-electron chi connectivity index (χ2n) is 6.29. The van der Waals surface area contributed by atoms with Crippen LogP contribution in [0.25, 0.3) is 11.4 Å². The highest BCUT2D eigenvalue weighted by Gasteiger charge is 2.27. The van der Waals surface area contributed by atoms with Gasteiger partial charge in [-0.1, -0.05) is 25.6 Å². The number of nitrogens with zero attached hydrogens (tertiary/aromatic N) is 4. The number of ether oxygens (including phenoxy) is 1. The third-order valence-corrected chi connectivity index (χ3v) is 5.42. The third kappa shape index (κ3) is 4.34. The minimum Gasteiger partial charge on any atom is -0.497 e. The van der Waals surface area contributed by atoms with Crippen molar-refractivity contribution in [1.29, 1.82) is 0 Å². The molecular weight excluding hydrogens is 336 g/mol. The number of thioether (sulfide) groups is 1. The fourth-order valence-corrected chi connectivity index (χ4v) is 3.70. The first-order valence-corrected chi connectivity index (χ1v) is 9.22. The highest BCUT2D eigenvalue weighted by molar-refractivity contribution is 8.00. The van der Waals surface area contributed by atoms with E-state index in [0.717, 1.165) is 28.8 Å². The second kappa shape index (κ2) is 8.38. The van der Waals surface area contributed by atoms with Gasteiger partial charge in [0.05, 0.1) is 12.4 Å². The van der Waals surface area contributed by atoms with Gasteiger partial charge in [-0.15, -0.1) is 10.2 Å². The number of aromatic nitrogens is 3. The van der Waals surface area contributed by atoms with Gasteiger partial charge in [0.25, 0.3) is 0 Å². The topological polar surface area (TPSA) is 60.2 Å². The molecule has 0 aliphatic heterocycles. The fraction of sp³-hybridized carbons (Fsp3) is 0.500. The summed E-state index contributed by atoms with van der Waals surface area (Å²) in [6.45, 7) is 6.89. The number of amides is 1. The SMILES string of the molecule is CCn1c(S[C@H](C(=O)N(C)C)C(C)C)nnc1-c1ccc(OC)cc1. The summed E-state index contributed by atoms with van der Waals surface area (Å²) in [7, 11) is 5.21. The minimum absolute atomic E-state index is 0.0941. The maximum absolute atomic E-state index is 12.5. The molecule has 6 nitrogen and oxygen atoms in total. The van der Waals surface area contributed by atoms with Crippen molar-refractivity contribution in [3.63, 3.8) is 0 Å². The zero-order valence-electron chi connectivity index (χ0n) is 15.7. The van der Waals surface area contributed by atoms with Gasteiger partial charge < -0.3 is 14.2 Å². The van der Waals surface area contributed by atoms with Crippen LogP contribution in [0.1, 0.15) is 20.8 Å². The van der Waals surface area contributed by atoms with Gasteiger partial charge in [0, 0.05) is 26.2 Å². The van der Waals surface area contributed by atoms with Crippen molar-refractivity contribution in [3.8, 4) is 17.1 Å². The van der Waals surface area contributed by atoms with E-state index in [1.807, 2.05) is 28.8 Å². The smallest absolute Gasteiger partial charge is 0.235 e. The Kier molecular flexibility index (Phi) is 6.47. The molecule has 7 heteroatoms. The normalized spacial score (nSPS) is 12.3. The Morgan fingerprint density at radius 1 is 1.24 bits per heavy atom. The van der Waals surface area contributed by atoms with Gasteiger partial charge >= 0.3 is 0 Å². The molecule has 0 radical (unpaired) electrons. The average Bonchev–Trinajstić information content (AvgIpc) is 3.01. The van der Waals surface area contributed by atoms with Crippen molar-refractivity contribution in [1.82, 2.24) is 19.7 Å². The van der Waals surface area contributed by atoms with Crippen molar-refractivity contribution in [2.75, 3.05) is 21.2 Å². The number of benzene rings is 1. The highest BCUT2D eigenvalue weighted by Crippen LogP contribution is 2.31. The Morgan fingerprint density at radius 2 is 1.88 bits per heavy atom. The first-order chi connectivity index (χ1) is 11.9. The summed E-state index contributed by atoms with van der Waals surface area (Å²) in [5.74, 6) is 1.90.